The van der Waals surface area contributed by atoms with Gasteiger partial charge < -0.3 is 9.30 Å². The molecule has 0 N–H and O–H groups in total. The monoisotopic (exact) mass is 340 g/mol. The van der Waals surface area contributed by atoms with Crippen molar-refractivity contribution in [2.75, 3.05) is 13.7 Å². The SMILES string of the molecule is COCCc1nsc(Sc2nc3cc(Cl)ccc3n2C)n1. The molecule has 0 aliphatic rings. The van der Waals surface area contributed by atoms with E-state index in [0.29, 0.717) is 11.6 Å². The van der Waals surface area contributed by atoms with Crippen molar-refractivity contribution >= 4 is 45.9 Å². The van der Waals surface area contributed by atoms with E-state index in [1.165, 1.54) is 23.3 Å². The van der Waals surface area contributed by atoms with Crippen LogP contribution in [0.4, 0.5) is 0 Å². The first-order valence-electron chi connectivity index (χ1n) is 6.28. The second-order valence-corrected chi connectivity index (χ2v) is 6.81. The van der Waals surface area contributed by atoms with E-state index in [1.54, 1.807) is 7.11 Å². The molecule has 0 aliphatic carbocycles. The molecule has 0 unspecified atom stereocenters. The molecule has 0 aliphatic heterocycles. The molecule has 0 saturated carbocycles. The molecule has 5 nitrogen and oxygen atoms in total. The first kappa shape index (κ1) is 14.8. The highest BCUT2D eigenvalue weighted by molar-refractivity contribution is 8.00. The first-order chi connectivity index (χ1) is 10.2. The third-order valence-corrected chi connectivity index (χ3v) is 5.03. The largest absolute Gasteiger partial charge is 0.384 e. The Morgan fingerprint density at radius 1 is 1.38 bits per heavy atom. The molecule has 21 heavy (non-hydrogen) atoms. The Kier molecular flexibility index (Phi) is 4.44. The Hall–Kier alpha value is -1.15. The van der Waals surface area contributed by atoms with Crippen molar-refractivity contribution in [3.8, 4) is 0 Å². The van der Waals surface area contributed by atoms with Crippen LogP contribution in [0.25, 0.3) is 11.0 Å². The summed E-state index contributed by atoms with van der Waals surface area (Å²) in [7, 11) is 3.66. The van der Waals surface area contributed by atoms with Crippen molar-refractivity contribution in [1.82, 2.24) is 18.9 Å². The van der Waals surface area contributed by atoms with Crippen LogP contribution < -0.4 is 0 Å². The van der Waals surface area contributed by atoms with Crippen molar-refractivity contribution in [2.45, 2.75) is 15.9 Å². The Morgan fingerprint density at radius 2 is 2.24 bits per heavy atom. The molecule has 8 heteroatoms. The number of halogens is 1. The Bertz CT molecular complexity index is 771. The highest BCUT2D eigenvalue weighted by Gasteiger charge is 2.12. The van der Waals surface area contributed by atoms with E-state index >= 15 is 0 Å². The van der Waals surface area contributed by atoms with Crippen molar-refractivity contribution in [3.05, 3.63) is 29.0 Å². The van der Waals surface area contributed by atoms with Crippen LogP contribution >= 0.6 is 34.9 Å². The fourth-order valence-corrected chi connectivity index (χ4v) is 3.69. The van der Waals surface area contributed by atoms with Crippen LogP contribution in [-0.4, -0.2) is 32.6 Å². The van der Waals surface area contributed by atoms with Crippen LogP contribution in [0.2, 0.25) is 5.02 Å². The van der Waals surface area contributed by atoms with Crippen LogP contribution in [0.15, 0.2) is 27.7 Å². The van der Waals surface area contributed by atoms with Gasteiger partial charge in [-0.05, 0) is 41.5 Å². The normalized spacial score (nSPS) is 11.4. The van der Waals surface area contributed by atoms with Crippen molar-refractivity contribution in [2.24, 2.45) is 7.05 Å². The molecule has 2 heterocycles. The number of fused-ring (bicyclic) bond motifs is 1. The lowest BCUT2D eigenvalue weighted by atomic mass is 10.3. The second kappa shape index (κ2) is 6.31. The molecule has 0 atom stereocenters. The summed E-state index contributed by atoms with van der Waals surface area (Å²) in [6.07, 6.45) is 0.728. The lowest BCUT2D eigenvalue weighted by Crippen LogP contribution is -1.96. The highest BCUT2D eigenvalue weighted by Crippen LogP contribution is 2.31. The van der Waals surface area contributed by atoms with Gasteiger partial charge in [0.05, 0.1) is 17.6 Å². The smallest absolute Gasteiger partial charge is 0.177 e. The van der Waals surface area contributed by atoms with Crippen LogP contribution in [-0.2, 0) is 18.2 Å². The van der Waals surface area contributed by atoms with Gasteiger partial charge >= 0.3 is 0 Å². The van der Waals surface area contributed by atoms with E-state index in [-0.39, 0.29) is 0 Å². The minimum absolute atomic E-state index is 0.631. The average molecular weight is 341 g/mol. The number of benzene rings is 1. The van der Waals surface area contributed by atoms with Crippen molar-refractivity contribution in [1.29, 1.82) is 0 Å². The first-order valence-corrected chi connectivity index (χ1v) is 8.25. The number of nitrogens with zero attached hydrogens (tertiary/aromatic N) is 4. The van der Waals surface area contributed by atoms with E-state index < -0.39 is 0 Å². The van der Waals surface area contributed by atoms with Gasteiger partial charge in [0.2, 0.25) is 0 Å². The van der Waals surface area contributed by atoms with Crippen molar-refractivity contribution < 1.29 is 4.74 Å². The second-order valence-electron chi connectivity index (χ2n) is 4.41. The van der Waals surface area contributed by atoms with Gasteiger partial charge in [0, 0.05) is 25.6 Å². The lowest BCUT2D eigenvalue weighted by Gasteiger charge is -1.98. The van der Waals surface area contributed by atoms with Gasteiger partial charge in [-0.2, -0.15) is 4.37 Å². The summed E-state index contributed by atoms with van der Waals surface area (Å²) >= 11 is 8.90. The maximum Gasteiger partial charge on any atom is 0.177 e. The van der Waals surface area contributed by atoms with E-state index in [0.717, 1.165) is 32.8 Å². The fourth-order valence-electron chi connectivity index (χ4n) is 1.89. The zero-order valence-electron chi connectivity index (χ0n) is 11.5. The van der Waals surface area contributed by atoms with Gasteiger partial charge in [-0.25, -0.2) is 9.97 Å². The maximum absolute atomic E-state index is 6.00. The molecule has 0 amide bonds. The van der Waals surface area contributed by atoms with Gasteiger partial charge in [-0.15, -0.1) is 0 Å². The number of methoxy groups -OCH3 is 1. The number of hydrogen-bond acceptors (Lipinski definition) is 6. The average Bonchev–Trinajstić information content (AvgIpc) is 3.02. The van der Waals surface area contributed by atoms with Crippen LogP contribution in [0.5, 0.6) is 0 Å². The number of aromatic nitrogens is 4. The topological polar surface area (TPSA) is 52.8 Å². The molecule has 0 fully saturated rings. The zero-order chi connectivity index (χ0) is 14.8. The summed E-state index contributed by atoms with van der Waals surface area (Å²) in [4.78, 5) is 9.08. The van der Waals surface area contributed by atoms with E-state index in [4.69, 9.17) is 16.3 Å². The molecule has 110 valence electrons. The fraction of sp³-hybridized carbons (Fsp3) is 0.308. The maximum atomic E-state index is 6.00. The van der Waals surface area contributed by atoms with Gasteiger partial charge in [0.25, 0.3) is 0 Å². The molecule has 0 radical (unpaired) electrons. The van der Waals surface area contributed by atoms with Crippen LogP contribution in [0, 0.1) is 0 Å². The van der Waals surface area contributed by atoms with Crippen LogP contribution in [0.3, 0.4) is 0 Å². The molecular formula is C13H13ClN4OS2. The number of ether oxygens (including phenoxy) is 1. The molecule has 1 aromatic carbocycles. The van der Waals surface area contributed by atoms with Crippen LogP contribution in [0.1, 0.15) is 5.82 Å². The molecule has 0 saturated heterocycles. The quantitative estimate of drug-likeness (QED) is 0.712. The summed E-state index contributed by atoms with van der Waals surface area (Å²) in [5.41, 5.74) is 1.93. The number of hydrogen-bond donors (Lipinski definition) is 0. The zero-order valence-corrected chi connectivity index (χ0v) is 13.9. The third-order valence-electron chi connectivity index (χ3n) is 2.96. The number of aryl methyl sites for hydroxylation is 1. The highest BCUT2D eigenvalue weighted by atomic mass is 35.5. The third kappa shape index (κ3) is 3.21. The molecular weight excluding hydrogens is 328 g/mol. The summed E-state index contributed by atoms with van der Waals surface area (Å²) in [5, 5.41) is 1.57. The minimum Gasteiger partial charge on any atom is -0.384 e. The summed E-state index contributed by atoms with van der Waals surface area (Å²) < 4.78 is 12.3. The number of imidazole rings is 1. The van der Waals surface area contributed by atoms with E-state index in [2.05, 4.69) is 14.3 Å². The van der Waals surface area contributed by atoms with Gasteiger partial charge in [-0.1, -0.05) is 11.6 Å². The minimum atomic E-state index is 0.631. The molecule has 2 aromatic heterocycles. The van der Waals surface area contributed by atoms with Gasteiger partial charge in [0.1, 0.15) is 5.82 Å². The molecule has 3 rings (SSSR count). The van der Waals surface area contributed by atoms with E-state index in [1.807, 2.05) is 29.8 Å². The summed E-state index contributed by atoms with van der Waals surface area (Å²) in [5.74, 6) is 0.811. The molecule has 3 aromatic rings. The Labute approximate surface area is 135 Å². The number of rotatable bonds is 5. The lowest BCUT2D eigenvalue weighted by molar-refractivity contribution is 0.200. The van der Waals surface area contributed by atoms with Crippen molar-refractivity contribution in [3.63, 3.8) is 0 Å². The summed E-state index contributed by atoms with van der Waals surface area (Å²) in [6, 6.07) is 5.71. The molecule has 0 bridgehead atoms. The Morgan fingerprint density at radius 3 is 3.05 bits per heavy atom. The van der Waals surface area contributed by atoms with Gasteiger partial charge in [0.15, 0.2) is 9.50 Å². The molecule has 0 spiro atoms. The predicted octanol–water partition coefficient (Wildman–Crippen LogP) is 3.42. The van der Waals surface area contributed by atoms with Gasteiger partial charge in [-0.3, -0.25) is 0 Å². The Balaban J connectivity index is 1.84. The summed E-state index contributed by atoms with van der Waals surface area (Å²) in [6.45, 7) is 0.631. The predicted molar refractivity (Wildman–Crippen MR) is 85.3 cm³/mol. The standard InChI is InChI=1S/C13H13ClN4OS2/c1-18-10-4-3-8(14)7-9(10)15-12(18)20-13-16-11(17-21-13)5-6-19-2/h3-4,7H,5-6H2,1-2H3. The van der Waals surface area contributed by atoms with E-state index in [9.17, 15) is 0 Å².